The number of hydrogen-bond acceptors (Lipinski definition) is 1. The second kappa shape index (κ2) is 5.36. The number of aryl methyl sites for hydroxylation is 2. The van der Waals surface area contributed by atoms with Crippen LogP contribution in [0.3, 0.4) is 0 Å². The predicted molar refractivity (Wildman–Crippen MR) is 78.6 cm³/mol. The van der Waals surface area contributed by atoms with Gasteiger partial charge in [0.05, 0.1) is 0 Å². The highest BCUT2D eigenvalue weighted by molar-refractivity contribution is 6.30. The van der Waals surface area contributed by atoms with Gasteiger partial charge in [-0.3, -0.25) is 0 Å². The third-order valence-electron chi connectivity index (χ3n) is 3.85. The maximum Gasteiger partial charge on any atom is 0.104 e. The van der Waals surface area contributed by atoms with E-state index < -0.39 is 6.10 Å². The van der Waals surface area contributed by atoms with Crippen LogP contribution in [0.2, 0.25) is 5.02 Å². The van der Waals surface area contributed by atoms with Crippen molar-refractivity contribution in [3.8, 4) is 0 Å². The number of aliphatic hydroxyl groups excluding tert-OH is 1. The molecule has 1 unspecified atom stereocenters. The largest absolute Gasteiger partial charge is 0.384 e. The van der Waals surface area contributed by atoms with E-state index in [1.165, 1.54) is 30.4 Å². The number of halogens is 1. The smallest absolute Gasteiger partial charge is 0.104 e. The van der Waals surface area contributed by atoms with Crippen molar-refractivity contribution in [3.63, 3.8) is 0 Å². The SMILES string of the molecule is OC(c1cccc(Cl)c1)c1ccc2c(c1)CCCC2. The summed E-state index contributed by atoms with van der Waals surface area (Å²) in [7, 11) is 0. The lowest BCUT2D eigenvalue weighted by Gasteiger charge is -2.19. The van der Waals surface area contributed by atoms with Crippen LogP contribution < -0.4 is 0 Å². The lowest BCUT2D eigenvalue weighted by atomic mass is 9.88. The second-order valence-electron chi connectivity index (χ2n) is 5.19. The molecule has 1 N–H and O–H groups in total. The molecule has 0 amide bonds. The Morgan fingerprint density at radius 3 is 2.42 bits per heavy atom. The fourth-order valence-corrected chi connectivity index (χ4v) is 2.99. The molecule has 2 aromatic rings. The molecule has 2 aromatic carbocycles. The van der Waals surface area contributed by atoms with Crippen LogP contribution in [0.5, 0.6) is 0 Å². The molecule has 0 radical (unpaired) electrons. The van der Waals surface area contributed by atoms with Crippen LogP contribution in [0, 0.1) is 0 Å². The zero-order chi connectivity index (χ0) is 13.2. The predicted octanol–water partition coefficient (Wildman–Crippen LogP) is 4.30. The maximum atomic E-state index is 10.5. The van der Waals surface area contributed by atoms with Gasteiger partial charge >= 0.3 is 0 Å². The Labute approximate surface area is 118 Å². The van der Waals surface area contributed by atoms with Crippen molar-refractivity contribution < 1.29 is 5.11 Å². The highest BCUT2D eigenvalue weighted by Crippen LogP contribution is 2.28. The first-order valence-corrected chi connectivity index (χ1v) is 7.17. The van der Waals surface area contributed by atoms with Gasteiger partial charge in [0.15, 0.2) is 0 Å². The molecule has 98 valence electrons. The van der Waals surface area contributed by atoms with Crippen LogP contribution in [0.1, 0.15) is 41.2 Å². The van der Waals surface area contributed by atoms with Crippen LogP contribution in [0.25, 0.3) is 0 Å². The van der Waals surface area contributed by atoms with E-state index in [0.717, 1.165) is 17.5 Å². The molecule has 0 heterocycles. The maximum absolute atomic E-state index is 10.5. The number of hydrogen-bond donors (Lipinski definition) is 1. The quantitative estimate of drug-likeness (QED) is 0.864. The minimum absolute atomic E-state index is 0.592. The molecular formula is C17H17ClO. The molecule has 0 saturated carbocycles. The molecule has 0 aromatic heterocycles. The highest BCUT2D eigenvalue weighted by atomic mass is 35.5. The van der Waals surface area contributed by atoms with E-state index in [1.807, 2.05) is 30.3 Å². The molecule has 0 fully saturated rings. The standard InChI is InChI=1S/C17H17ClO/c18-16-7-3-6-14(11-16)17(19)15-9-8-12-4-1-2-5-13(12)10-15/h3,6-11,17,19H,1-2,4-5H2. The van der Waals surface area contributed by atoms with Crippen LogP contribution in [0.4, 0.5) is 0 Å². The fraction of sp³-hybridized carbons (Fsp3) is 0.294. The summed E-state index contributed by atoms with van der Waals surface area (Å²) in [5.41, 5.74) is 4.64. The Kier molecular flexibility index (Phi) is 3.58. The zero-order valence-corrected chi connectivity index (χ0v) is 11.5. The Balaban J connectivity index is 1.93. The van der Waals surface area contributed by atoms with E-state index in [-0.39, 0.29) is 0 Å². The molecule has 2 heteroatoms. The third kappa shape index (κ3) is 2.68. The Morgan fingerprint density at radius 1 is 0.895 bits per heavy atom. The molecule has 1 atom stereocenters. The number of aliphatic hydroxyl groups is 1. The summed E-state index contributed by atoms with van der Waals surface area (Å²) in [6.07, 6.45) is 4.24. The average molecular weight is 273 g/mol. The number of fused-ring (bicyclic) bond motifs is 1. The lowest BCUT2D eigenvalue weighted by Crippen LogP contribution is -2.06. The molecule has 1 nitrogen and oxygen atoms in total. The van der Waals surface area contributed by atoms with Gasteiger partial charge in [0.1, 0.15) is 6.10 Å². The third-order valence-corrected chi connectivity index (χ3v) is 4.09. The Hall–Kier alpha value is -1.31. The summed E-state index contributed by atoms with van der Waals surface area (Å²) in [5, 5.41) is 11.1. The van der Waals surface area contributed by atoms with Gasteiger partial charge in [0, 0.05) is 5.02 Å². The first kappa shape index (κ1) is 12.7. The van der Waals surface area contributed by atoms with Gasteiger partial charge in [0.25, 0.3) is 0 Å². The number of rotatable bonds is 2. The van der Waals surface area contributed by atoms with Crippen LogP contribution in [0.15, 0.2) is 42.5 Å². The van der Waals surface area contributed by atoms with Crippen molar-refractivity contribution >= 4 is 11.6 Å². The first-order valence-electron chi connectivity index (χ1n) is 6.79. The fourth-order valence-electron chi connectivity index (χ4n) is 2.79. The highest BCUT2D eigenvalue weighted by Gasteiger charge is 2.15. The topological polar surface area (TPSA) is 20.2 Å². The Bertz CT molecular complexity index is 592. The summed E-state index contributed by atoms with van der Waals surface area (Å²) < 4.78 is 0. The van der Waals surface area contributed by atoms with E-state index in [1.54, 1.807) is 0 Å². The van der Waals surface area contributed by atoms with Crippen LogP contribution in [-0.4, -0.2) is 5.11 Å². The van der Waals surface area contributed by atoms with Crippen molar-refractivity contribution in [1.82, 2.24) is 0 Å². The molecule has 0 bridgehead atoms. The average Bonchev–Trinajstić information content (AvgIpc) is 2.46. The van der Waals surface area contributed by atoms with Gasteiger partial charge in [-0.2, -0.15) is 0 Å². The molecule has 1 aliphatic rings. The van der Waals surface area contributed by atoms with E-state index >= 15 is 0 Å². The monoisotopic (exact) mass is 272 g/mol. The van der Waals surface area contributed by atoms with Gasteiger partial charge in [-0.25, -0.2) is 0 Å². The van der Waals surface area contributed by atoms with Gasteiger partial charge < -0.3 is 5.11 Å². The summed E-state index contributed by atoms with van der Waals surface area (Å²) in [6.45, 7) is 0. The second-order valence-corrected chi connectivity index (χ2v) is 5.63. The van der Waals surface area contributed by atoms with Gasteiger partial charge in [0.2, 0.25) is 0 Å². The van der Waals surface area contributed by atoms with E-state index in [9.17, 15) is 5.11 Å². The normalized spacial score (nSPS) is 15.9. The minimum Gasteiger partial charge on any atom is -0.384 e. The lowest BCUT2D eigenvalue weighted by molar-refractivity contribution is 0.220. The molecule has 0 aliphatic heterocycles. The minimum atomic E-state index is -0.592. The summed E-state index contributed by atoms with van der Waals surface area (Å²) in [4.78, 5) is 0. The molecule has 0 saturated heterocycles. The summed E-state index contributed by atoms with van der Waals surface area (Å²) >= 11 is 5.98. The van der Waals surface area contributed by atoms with Crippen molar-refractivity contribution in [3.05, 3.63) is 69.7 Å². The van der Waals surface area contributed by atoms with Crippen LogP contribution in [-0.2, 0) is 12.8 Å². The van der Waals surface area contributed by atoms with Crippen molar-refractivity contribution in [1.29, 1.82) is 0 Å². The zero-order valence-electron chi connectivity index (χ0n) is 10.8. The van der Waals surface area contributed by atoms with E-state index in [4.69, 9.17) is 11.6 Å². The van der Waals surface area contributed by atoms with E-state index in [2.05, 4.69) is 12.1 Å². The first-order chi connectivity index (χ1) is 9.24. The molecule has 3 rings (SSSR count). The number of benzene rings is 2. The van der Waals surface area contributed by atoms with Gasteiger partial charge in [-0.05, 0) is 60.1 Å². The van der Waals surface area contributed by atoms with Crippen molar-refractivity contribution in [2.75, 3.05) is 0 Å². The van der Waals surface area contributed by atoms with Crippen LogP contribution >= 0.6 is 11.6 Å². The molecular weight excluding hydrogens is 256 g/mol. The summed E-state index contributed by atoms with van der Waals surface area (Å²) in [5.74, 6) is 0. The molecule has 0 spiro atoms. The van der Waals surface area contributed by atoms with Crippen molar-refractivity contribution in [2.45, 2.75) is 31.8 Å². The van der Waals surface area contributed by atoms with E-state index in [0.29, 0.717) is 5.02 Å². The Morgan fingerprint density at radius 2 is 1.63 bits per heavy atom. The summed E-state index contributed by atoms with van der Waals surface area (Å²) in [6, 6.07) is 13.8. The molecule has 19 heavy (non-hydrogen) atoms. The van der Waals surface area contributed by atoms with Gasteiger partial charge in [-0.1, -0.05) is 41.9 Å². The molecule has 1 aliphatic carbocycles. The van der Waals surface area contributed by atoms with Crippen molar-refractivity contribution in [2.24, 2.45) is 0 Å². The van der Waals surface area contributed by atoms with Gasteiger partial charge in [-0.15, -0.1) is 0 Å².